The van der Waals surface area contributed by atoms with Crippen molar-refractivity contribution in [1.82, 2.24) is 34.2 Å². The van der Waals surface area contributed by atoms with Gasteiger partial charge in [-0.15, -0.1) is 0 Å². The normalized spacial score (nSPS) is 14.6. The lowest BCUT2D eigenvalue weighted by atomic mass is 10.1. The molecule has 1 aliphatic heterocycles. The van der Waals surface area contributed by atoms with Crippen molar-refractivity contribution in [2.24, 2.45) is 5.73 Å². The molecule has 7 rings (SSSR count). The number of morpholine rings is 1. The van der Waals surface area contributed by atoms with E-state index in [1.807, 2.05) is 36.5 Å². The Morgan fingerprint density at radius 2 is 1.79 bits per heavy atom. The van der Waals surface area contributed by atoms with Crippen molar-refractivity contribution in [1.29, 1.82) is 0 Å². The SMILES string of the molecule is NC(=O)N1CCOCC1.Nc1ncccc1-c1nc2ccc(-n3cccn3)nc2n1-c1ccc2c(c1)CCC2. The van der Waals surface area contributed by atoms with Gasteiger partial charge in [0.05, 0.1) is 18.8 Å². The monoisotopic (exact) mass is 523 g/mol. The third-order valence-corrected chi connectivity index (χ3v) is 6.97. The van der Waals surface area contributed by atoms with Crippen LogP contribution in [-0.2, 0) is 17.6 Å². The number of anilines is 1. The van der Waals surface area contributed by atoms with Crippen LogP contribution in [0.1, 0.15) is 17.5 Å². The molecule has 39 heavy (non-hydrogen) atoms. The molecule has 0 saturated carbocycles. The van der Waals surface area contributed by atoms with Gasteiger partial charge in [0, 0.05) is 37.4 Å². The van der Waals surface area contributed by atoms with Crippen LogP contribution >= 0.6 is 0 Å². The molecule has 5 heterocycles. The molecule has 5 aromatic rings. The molecule has 1 fully saturated rings. The van der Waals surface area contributed by atoms with Gasteiger partial charge in [0.2, 0.25) is 0 Å². The first-order valence-corrected chi connectivity index (χ1v) is 12.9. The van der Waals surface area contributed by atoms with Gasteiger partial charge in [0.25, 0.3) is 0 Å². The van der Waals surface area contributed by atoms with E-state index in [2.05, 4.69) is 32.8 Å². The fourth-order valence-electron chi connectivity index (χ4n) is 4.99. The van der Waals surface area contributed by atoms with E-state index < -0.39 is 0 Å². The molecule has 0 bridgehead atoms. The van der Waals surface area contributed by atoms with E-state index >= 15 is 0 Å². The van der Waals surface area contributed by atoms with Gasteiger partial charge in [0.1, 0.15) is 11.3 Å². The number of aryl methyl sites for hydroxylation is 2. The van der Waals surface area contributed by atoms with E-state index in [4.69, 9.17) is 26.2 Å². The Kier molecular flexibility index (Phi) is 6.64. The zero-order valence-electron chi connectivity index (χ0n) is 21.4. The molecule has 2 aliphatic rings. The highest BCUT2D eigenvalue weighted by atomic mass is 16.5. The summed E-state index contributed by atoms with van der Waals surface area (Å²) in [5.41, 5.74) is 17.4. The van der Waals surface area contributed by atoms with Crippen LogP contribution < -0.4 is 11.5 Å². The summed E-state index contributed by atoms with van der Waals surface area (Å²) >= 11 is 0. The molecular weight excluding hydrogens is 494 g/mol. The summed E-state index contributed by atoms with van der Waals surface area (Å²) in [6.07, 6.45) is 8.76. The molecule has 2 amide bonds. The number of imidazole rings is 1. The lowest BCUT2D eigenvalue weighted by Crippen LogP contribution is -2.43. The Balaban J connectivity index is 0.000000263. The van der Waals surface area contributed by atoms with Crippen molar-refractivity contribution >= 4 is 23.0 Å². The average Bonchev–Trinajstić information content (AvgIpc) is 3.73. The van der Waals surface area contributed by atoms with Gasteiger partial charge < -0.3 is 21.1 Å². The van der Waals surface area contributed by atoms with Crippen molar-refractivity contribution in [2.45, 2.75) is 19.3 Å². The lowest BCUT2D eigenvalue weighted by molar-refractivity contribution is 0.0554. The number of benzene rings is 1. The van der Waals surface area contributed by atoms with E-state index in [0.29, 0.717) is 32.1 Å². The summed E-state index contributed by atoms with van der Waals surface area (Å²) in [5.74, 6) is 1.92. The first-order chi connectivity index (χ1) is 19.1. The fraction of sp³-hybridized carbons (Fsp3) is 0.250. The molecule has 11 nitrogen and oxygen atoms in total. The first-order valence-electron chi connectivity index (χ1n) is 12.9. The largest absolute Gasteiger partial charge is 0.383 e. The number of nitrogen functional groups attached to an aromatic ring is 1. The van der Waals surface area contributed by atoms with Crippen molar-refractivity contribution in [3.8, 4) is 22.9 Å². The smallest absolute Gasteiger partial charge is 0.314 e. The summed E-state index contributed by atoms with van der Waals surface area (Å²) in [6.45, 7) is 2.50. The van der Waals surface area contributed by atoms with Crippen LogP contribution in [0.15, 0.2) is 67.1 Å². The zero-order valence-corrected chi connectivity index (χ0v) is 21.4. The van der Waals surface area contributed by atoms with Crippen molar-refractivity contribution in [3.05, 3.63) is 78.2 Å². The Morgan fingerprint density at radius 1 is 0.949 bits per heavy atom. The third-order valence-electron chi connectivity index (χ3n) is 6.97. The number of amides is 2. The van der Waals surface area contributed by atoms with Gasteiger partial charge in [-0.2, -0.15) is 5.10 Å². The molecule has 4 N–H and O–H groups in total. The van der Waals surface area contributed by atoms with E-state index in [0.717, 1.165) is 46.9 Å². The van der Waals surface area contributed by atoms with Crippen LogP contribution in [0.5, 0.6) is 0 Å². The Bertz CT molecular complexity index is 1620. The highest BCUT2D eigenvalue weighted by Crippen LogP contribution is 2.32. The minimum absolute atomic E-state index is 0.349. The Morgan fingerprint density at radius 3 is 2.54 bits per heavy atom. The van der Waals surface area contributed by atoms with E-state index in [1.54, 1.807) is 22.0 Å². The number of nitrogens with zero attached hydrogens (tertiary/aromatic N) is 7. The van der Waals surface area contributed by atoms with Crippen LogP contribution in [0.3, 0.4) is 0 Å². The maximum Gasteiger partial charge on any atom is 0.314 e. The number of nitrogens with two attached hydrogens (primary N) is 2. The predicted molar refractivity (Wildman–Crippen MR) is 148 cm³/mol. The fourth-order valence-corrected chi connectivity index (χ4v) is 4.99. The molecule has 0 spiro atoms. The standard InChI is InChI=1S/C23H19N7.C5H10N2O2/c24-21-18(6-2-11-25-21)22-27-19-9-10-20(29-13-3-12-26-29)28-23(19)30(22)17-8-7-15-4-1-5-16(15)14-17;6-5(8)7-1-3-9-4-2-7/h2-3,6-14H,1,4-5H2,(H2,24,25);1-4H2,(H2,6,8). The number of hydrogen-bond donors (Lipinski definition) is 2. The van der Waals surface area contributed by atoms with Gasteiger partial charge in [-0.3, -0.25) is 4.57 Å². The number of fused-ring (bicyclic) bond motifs is 2. The lowest BCUT2D eigenvalue weighted by Gasteiger charge is -2.24. The second-order valence-corrected chi connectivity index (χ2v) is 9.41. The minimum Gasteiger partial charge on any atom is -0.383 e. The van der Waals surface area contributed by atoms with Crippen LogP contribution in [0, 0.1) is 0 Å². The van der Waals surface area contributed by atoms with Crippen LogP contribution in [0.25, 0.3) is 34.1 Å². The molecule has 11 heteroatoms. The predicted octanol–water partition coefficient (Wildman–Crippen LogP) is 3.14. The summed E-state index contributed by atoms with van der Waals surface area (Å²) < 4.78 is 8.83. The maximum absolute atomic E-state index is 10.4. The number of urea groups is 1. The highest BCUT2D eigenvalue weighted by molar-refractivity contribution is 5.83. The van der Waals surface area contributed by atoms with E-state index in [9.17, 15) is 4.79 Å². The highest BCUT2D eigenvalue weighted by Gasteiger charge is 2.20. The zero-order chi connectivity index (χ0) is 26.8. The molecule has 198 valence electrons. The number of rotatable bonds is 3. The number of carbonyl (C=O) groups excluding carboxylic acids is 1. The van der Waals surface area contributed by atoms with Crippen LogP contribution in [0.4, 0.5) is 10.6 Å². The summed E-state index contributed by atoms with van der Waals surface area (Å²) in [4.78, 5) is 26.1. The second-order valence-electron chi connectivity index (χ2n) is 9.41. The summed E-state index contributed by atoms with van der Waals surface area (Å²) in [5, 5.41) is 4.32. The Labute approximate surface area is 225 Å². The molecule has 1 aromatic carbocycles. The quantitative estimate of drug-likeness (QED) is 0.370. The molecular formula is C28H29N9O2. The number of carbonyl (C=O) groups is 1. The molecule has 0 unspecified atom stereocenters. The van der Waals surface area contributed by atoms with Crippen LogP contribution in [-0.4, -0.2) is 66.5 Å². The third kappa shape index (κ3) is 4.91. The Hall–Kier alpha value is -4.77. The number of ether oxygens (including phenoxy) is 1. The topological polar surface area (TPSA) is 143 Å². The summed E-state index contributed by atoms with van der Waals surface area (Å²) in [7, 11) is 0. The molecule has 4 aromatic heterocycles. The van der Waals surface area contributed by atoms with Gasteiger partial charge in [-0.25, -0.2) is 24.4 Å². The van der Waals surface area contributed by atoms with Crippen molar-refractivity contribution < 1.29 is 9.53 Å². The van der Waals surface area contributed by atoms with Gasteiger partial charge >= 0.3 is 6.03 Å². The number of pyridine rings is 2. The average molecular weight is 524 g/mol. The molecule has 0 radical (unpaired) electrons. The number of aromatic nitrogens is 6. The van der Waals surface area contributed by atoms with Crippen LogP contribution in [0.2, 0.25) is 0 Å². The minimum atomic E-state index is -0.349. The van der Waals surface area contributed by atoms with Gasteiger partial charge in [-0.05, 0) is 72.9 Å². The van der Waals surface area contributed by atoms with E-state index in [1.165, 1.54) is 17.5 Å². The summed E-state index contributed by atoms with van der Waals surface area (Å²) in [6, 6.07) is 15.9. The molecule has 1 saturated heterocycles. The van der Waals surface area contributed by atoms with Crippen molar-refractivity contribution in [2.75, 3.05) is 32.0 Å². The van der Waals surface area contributed by atoms with Crippen molar-refractivity contribution in [3.63, 3.8) is 0 Å². The number of primary amides is 1. The van der Waals surface area contributed by atoms with Gasteiger partial charge in [0.15, 0.2) is 17.3 Å². The van der Waals surface area contributed by atoms with E-state index in [-0.39, 0.29) is 6.03 Å². The number of hydrogen-bond acceptors (Lipinski definition) is 7. The molecule has 0 atom stereocenters. The maximum atomic E-state index is 10.4. The second kappa shape index (κ2) is 10.5. The molecule has 1 aliphatic carbocycles. The first kappa shape index (κ1) is 24.6. The van der Waals surface area contributed by atoms with Gasteiger partial charge in [-0.1, -0.05) is 6.07 Å².